The molecule has 4 aromatic rings. The zero-order chi connectivity index (χ0) is 36.4. The van der Waals surface area contributed by atoms with Crippen LogP contribution in [0.2, 0.25) is 0 Å². The van der Waals surface area contributed by atoms with Crippen LogP contribution in [0.25, 0.3) is 0 Å². The fraction of sp³-hybridized carbons (Fsp3) is 0.455. The SMILES string of the molecule is CC(C)(C)c1cc(CN(Cc2ccc(COC(=O)c3cc(C(C)(C)C)cc(C(C)(C)C)c3)cc2)Cc2cccc[n+]2[O-])cc(C(C)(C)C)c1. The van der Waals surface area contributed by atoms with Crippen LogP contribution in [0.15, 0.2) is 85.1 Å². The topological polar surface area (TPSA) is 56.5 Å². The summed E-state index contributed by atoms with van der Waals surface area (Å²) in [5, 5.41) is 12.7. The minimum atomic E-state index is -0.312. The molecule has 0 unspecified atom stereocenters. The van der Waals surface area contributed by atoms with Gasteiger partial charge in [0.05, 0.1) is 12.1 Å². The first-order valence-electron chi connectivity index (χ1n) is 17.5. The van der Waals surface area contributed by atoms with E-state index in [-0.39, 0.29) is 34.2 Å². The summed E-state index contributed by atoms with van der Waals surface area (Å²) in [6.07, 6.45) is 1.56. The minimum absolute atomic E-state index is 0.0157. The molecule has 0 aliphatic carbocycles. The first-order valence-corrected chi connectivity index (χ1v) is 17.5. The van der Waals surface area contributed by atoms with E-state index in [4.69, 9.17) is 4.74 Å². The molecular formula is C44H58N2O3. The average Bonchev–Trinajstić information content (AvgIpc) is 2.99. The van der Waals surface area contributed by atoms with Crippen LogP contribution in [0.1, 0.15) is 138 Å². The zero-order valence-corrected chi connectivity index (χ0v) is 32.0. The molecular weight excluding hydrogens is 604 g/mol. The van der Waals surface area contributed by atoms with E-state index in [1.165, 1.54) is 16.7 Å². The van der Waals surface area contributed by atoms with Gasteiger partial charge in [0.1, 0.15) is 6.61 Å². The van der Waals surface area contributed by atoms with Gasteiger partial charge in [0.25, 0.3) is 0 Å². The van der Waals surface area contributed by atoms with E-state index in [0.29, 0.717) is 30.9 Å². The standard InChI is InChI=1S/C44H58N2O3/c1-41(2,3)35-21-33(22-36(25-35)42(4,5)6)28-45(29-39-15-13-14-20-46(39)48)27-31-16-18-32(19-17-31)30-49-40(47)34-23-37(43(7,8)9)26-38(24-34)44(10,11)12/h13-26H,27-30H2,1-12H3. The smallest absolute Gasteiger partial charge is 0.338 e. The number of carbonyl (C=O) groups excluding carboxylic acids is 1. The number of esters is 1. The first kappa shape index (κ1) is 37.9. The number of pyridine rings is 1. The highest BCUT2D eigenvalue weighted by Crippen LogP contribution is 2.32. The predicted molar refractivity (Wildman–Crippen MR) is 202 cm³/mol. The van der Waals surface area contributed by atoms with E-state index in [0.717, 1.165) is 27.0 Å². The summed E-state index contributed by atoms with van der Waals surface area (Å²) in [4.78, 5) is 15.6. The number of carbonyl (C=O) groups is 1. The number of hydrogen-bond acceptors (Lipinski definition) is 4. The molecule has 4 rings (SSSR count). The van der Waals surface area contributed by atoms with E-state index >= 15 is 0 Å². The van der Waals surface area contributed by atoms with Gasteiger partial charge in [-0.05, 0) is 78.8 Å². The van der Waals surface area contributed by atoms with Crippen molar-refractivity contribution in [1.82, 2.24) is 4.90 Å². The highest BCUT2D eigenvalue weighted by atomic mass is 16.5. The van der Waals surface area contributed by atoms with Gasteiger partial charge in [-0.25, -0.2) is 4.79 Å². The van der Waals surface area contributed by atoms with Gasteiger partial charge < -0.3 is 9.94 Å². The Labute approximate surface area is 295 Å². The molecule has 0 saturated carbocycles. The summed E-state index contributed by atoms with van der Waals surface area (Å²) in [6.45, 7) is 28.6. The summed E-state index contributed by atoms with van der Waals surface area (Å²) in [7, 11) is 0. The molecule has 0 spiro atoms. The van der Waals surface area contributed by atoms with E-state index < -0.39 is 0 Å². The number of rotatable bonds is 9. The van der Waals surface area contributed by atoms with Crippen LogP contribution >= 0.6 is 0 Å². The fourth-order valence-corrected chi connectivity index (χ4v) is 5.73. The summed E-state index contributed by atoms with van der Waals surface area (Å²) in [5.74, 6) is -0.312. The number of hydrogen-bond donors (Lipinski definition) is 0. The van der Waals surface area contributed by atoms with Crippen molar-refractivity contribution in [3.63, 3.8) is 0 Å². The summed E-state index contributed by atoms with van der Waals surface area (Å²) in [6, 6.07) is 26.9. The van der Waals surface area contributed by atoms with Gasteiger partial charge in [-0.15, -0.1) is 0 Å². The summed E-state index contributed by atoms with van der Waals surface area (Å²) < 4.78 is 6.79. The Morgan fingerprint density at radius 1 is 0.592 bits per heavy atom. The number of nitrogens with zero attached hydrogens (tertiary/aromatic N) is 2. The average molecular weight is 663 g/mol. The van der Waals surface area contributed by atoms with E-state index in [1.54, 1.807) is 12.3 Å². The lowest BCUT2D eigenvalue weighted by Crippen LogP contribution is -2.35. The molecule has 262 valence electrons. The molecule has 1 heterocycles. The molecule has 3 aromatic carbocycles. The Kier molecular flexibility index (Phi) is 11.2. The quantitative estimate of drug-likeness (QED) is 0.102. The van der Waals surface area contributed by atoms with Gasteiger partial charge in [0.15, 0.2) is 6.20 Å². The molecule has 0 amide bonds. The van der Waals surface area contributed by atoms with E-state index in [1.807, 2.05) is 36.4 Å². The van der Waals surface area contributed by atoms with Gasteiger partial charge >= 0.3 is 5.97 Å². The zero-order valence-electron chi connectivity index (χ0n) is 32.0. The molecule has 0 aliphatic heterocycles. The predicted octanol–water partition coefficient (Wildman–Crippen LogP) is 10.1. The Bertz CT molecular complexity index is 1680. The largest absolute Gasteiger partial charge is 0.618 e. The number of benzene rings is 3. The number of ether oxygens (including phenoxy) is 1. The van der Waals surface area contributed by atoms with Crippen LogP contribution in [0, 0.1) is 5.21 Å². The molecule has 5 nitrogen and oxygen atoms in total. The minimum Gasteiger partial charge on any atom is -0.618 e. The van der Waals surface area contributed by atoms with Crippen LogP contribution in [-0.2, 0) is 52.6 Å². The van der Waals surface area contributed by atoms with Crippen LogP contribution in [0.3, 0.4) is 0 Å². The molecule has 0 bridgehead atoms. The second-order valence-electron chi connectivity index (χ2n) is 17.8. The molecule has 1 aromatic heterocycles. The second kappa shape index (κ2) is 14.5. The van der Waals surface area contributed by atoms with Gasteiger partial charge in [-0.2, -0.15) is 4.73 Å². The molecule has 49 heavy (non-hydrogen) atoms. The van der Waals surface area contributed by atoms with Gasteiger partial charge in [0, 0.05) is 25.2 Å². The molecule has 0 radical (unpaired) electrons. The number of aromatic nitrogens is 1. The molecule has 0 fully saturated rings. The first-order chi connectivity index (χ1) is 22.6. The molecule has 0 N–H and O–H groups in total. The van der Waals surface area contributed by atoms with Crippen molar-refractivity contribution < 1.29 is 14.3 Å². The molecule has 5 heteroatoms. The highest BCUT2D eigenvalue weighted by Gasteiger charge is 2.24. The van der Waals surface area contributed by atoms with Crippen molar-refractivity contribution in [2.24, 2.45) is 0 Å². The van der Waals surface area contributed by atoms with Crippen molar-refractivity contribution >= 4 is 5.97 Å². The van der Waals surface area contributed by atoms with Crippen molar-refractivity contribution in [1.29, 1.82) is 0 Å². The normalized spacial score (nSPS) is 12.8. The van der Waals surface area contributed by atoms with Crippen LogP contribution in [0.5, 0.6) is 0 Å². The van der Waals surface area contributed by atoms with Crippen LogP contribution in [0.4, 0.5) is 0 Å². The van der Waals surface area contributed by atoms with Crippen molar-refractivity contribution in [3.8, 4) is 0 Å². The molecule has 0 atom stereocenters. The maximum atomic E-state index is 13.3. The Hall–Kier alpha value is -3.96. The summed E-state index contributed by atoms with van der Waals surface area (Å²) in [5.41, 5.74) is 9.32. The monoisotopic (exact) mass is 662 g/mol. The van der Waals surface area contributed by atoms with Gasteiger partial charge in [-0.3, -0.25) is 4.90 Å². The Morgan fingerprint density at radius 2 is 1.04 bits per heavy atom. The van der Waals surface area contributed by atoms with Gasteiger partial charge in [-0.1, -0.05) is 132 Å². The van der Waals surface area contributed by atoms with E-state index in [9.17, 15) is 10.0 Å². The second-order valence-corrected chi connectivity index (χ2v) is 17.8. The highest BCUT2D eigenvalue weighted by molar-refractivity contribution is 5.90. The fourth-order valence-electron chi connectivity index (χ4n) is 5.73. The summed E-state index contributed by atoms with van der Waals surface area (Å²) >= 11 is 0. The van der Waals surface area contributed by atoms with E-state index in [2.05, 4.69) is 124 Å². The Morgan fingerprint density at radius 3 is 1.51 bits per heavy atom. The maximum Gasteiger partial charge on any atom is 0.338 e. The van der Waals surface area contributed by atoms with Crippen molar-refractivity contribution in [2.45, 2.75) is 131 Å². The lowest BCUT2D eigenvalue weighted by molar-refractivity contribution is -0.615. The van der Waals surface area contributed by atoms with Crippen LogP contribution < -0.4 is 4.73 Å². The van der Waals surface area contributed by atoms with Crippen molar-refractivity contribution in [3.05, 3.63) is 140 Å². The lowest BCUT2D eigenvalue weighted by Gasteiger charge is -2.28. The maximum absolute atomic E-state index is 13.3. The third-order valence-corrected chi connectivity index (χ3v) is 9.12. The molecule has 0 aliphatic rings. The Balaban J connectivity index is 1.54. The van der Waals surface area contributed by atoms with Crippen LogP contribution in [-0.4, -0.2) is 10.9 Å². The van der Waals surface area contributed by atoms with Gasteiger partial charge in [0.2, 0.25) is 5.69 Å². The third-order valence-electron chi connectivity index (χ3n) is 9.12. The molecule has 0 saturated heterocycles. The third kappa shape index (κ3) is 10.5. The van der Waals surface area contributed by atoms with Crippen molar-refractivity contribution in [2.75, 3.05) is 0 Å². The lowest BCUT2D eigenvalue weighted by atomic mass is 9.79.